The van der Waals surface area contributed by atoms with Crippen LogP contribution in [0.2, 0.25) is 0 Å². The molecule has 0 radical (unpaired) electrons. The van der Waals surface area contributed by atoms with E-state index in [4.69, 9.17) is 4.52 Å². The molecule has 0 aromatic carbocycles. The Kier molecular flexibility index (Phi) is 4.12. The maximum Gasteiger partial charge on any atom is 0.315 e. The lowest BCUT2D eigenvalue weighted by atomic mass is 9.99. The van der Waals surface area contributed by atoms with Crippen molar-refractivity contribution in [1.82, 2.24) is 20.8 Å². The number of hydrogen-bond acceptors (Lipinski definition) is 6. The summed E-state index contributed by atoms with van der Waals surface area (Å²) in [6.45, 7) is 1.95. The molecule has 118 valence electrons. The van der Waals surface area contributed by atoms with Gasteiger partial charge in [-0.3, -0.25) is 0 Å². The number of rotatable bonds is 6. The number of aliphatic hydroxyl groups is 1. The fraction of sp³-hybridized carbons (Fsp3) is 0.500. The van der Waals surface area contributed by atoms with Gasteiger partial charge in [0.05, 0.1) is 13.1 Å². The molecule has 0 unspecified atom stereocenters. The summed E-state index contributed by atoms with van der Waals surface area (Å²) in [5.74, 6) is 1.53. The molecule has 3 N–H and O–H groups in total. The Bertz CT molecular complexity index is 634. The molecule has 1 atom stereocenters. The standard InChI is InChI=1S/C14H18N4O3S/c1-14(20,10-4-5-22-7-10)8-16-13(19)15-6-11-17-12(18-21-11)9-2-3-9/h4-5,7,9,20H,2-3,6,8H2,1H3,(H2,15,16,19)/t14-/m1/s1. The first-order valence-corrected chi connectivity index (χ1v) is 8.08. The van der Waals surface area contributed by atoms with Crippen molar-refractivity contribution in [2.24, 2.45) is 0 Å². The molecule has 3 rings (SSSR count). The Morgan fingerprint density at radius 2 is 2.36 bits per heavy atom. The molecule has 2 aromatic rings. The van der Waals surface area contributed by atoms with Crippen molar-refractivity contribution in [2.45, 2.75) is 37.8 Å². The van der Waals surface area contributed by atoms with Crippen LogP contribution in [-0.4, -0.2) is 27.8 Å². The third kappa shape index (κ3) is 3.63. The second-order valence-electron chi connectivity index (χ2n) is 5.64. The van der Waals surface area contributed by atoms with Crippen molar-refractivity contribution in [2.75, 3.05) is 6.54 Å². The molecular formula is C14H18N4O3S. The van der Waals surface area contributed by atoms with E-state index in [1.807, 2.05) is 16.8 Å². The van der Waals surface area contributed by atoms with Crippen LogP contribution >= 0.6 is 11.3 Å². The van der Waals surface area contributed by atoms with Crippen LogP contribution in [0.15, 0.2) is 21.3 Å². The number of nitrogens with one attached hydrogen (secondary N) is 2. The van der Waals surface area contributed by atoms with Crippen LogP contribution in [0.25, 0.3) is 0 Å². The summed E-state index contributed by atoms with van der Waals surface area (Å²) in [7, 11) is 0. The predicted octanol–water partition coefficient (Wildman–Crippen LogP) is 1.72. The van der Waals surface area contributed by atoms with Crippen LogP contribution in [0.4, 0.5) is 4.79 Å². The maximum atomic E-state index is 11.8. The van der Waals surface area contributed by atoms with E-state index in [-0.39, 0.29) is 19.1 Å². The number of aromatic nitrogens is 2. The molecule has 0 bridgehead atoms. The fourth-order valence-electron chi connectivity index (χ4n) is 1.99. The minimum atomic E-state index is -1.10. The van der Waals surface area contributed by atoms with Crippen molar-refractivity contribution in [3.63, 3.8) is 0 Å². The van der Waals surface area contributed by atoms with Crippen molar-refractivity contribution >= 4 is 17.4 Å². The number of carbonyl (C=O) groups is 1. The predicted molar refractivity (Wildman–Crippen MR) is 80.4 cm³/mol. The highest BCUT2D eigenvalue weighted by Crippen LogP contribution is 2.38. The minimum Gasteiger partial charge on any atom is -0.384 e. The molecule has 2 amide bonds. The van der Waals surface area contributed by atoms with Crippen LogP contribution < -0.4 is 10.6 Å². The van der Waals surface area contributed by atoms with E-state index < -0.39 is 5.60 Å². The lowest BCUT2D eigenvalue weighted by Crippen LogP contribution is -2.43. The Morgan fingerprint density at radius 3 is 3.05 bits per heavy atom. The van der Waals surface area contributed by atoms with Gasteiger partial charge in [0.25, 0.3) is 0 Å². The molecule has 2 aromatic heterocycles. The third-order valence-electron chi connectivity index (χ3n) is 3.56. The number of amides is 2. The van der Waals surface area contributed by atoms with Crippen molar-refractivity contribution in [3.05, 3.63) is 34.1 Å². The molecule has 1 aliphatic rings. The van der Waals surface area contributed by atoms with Crippen molar-refractivity contribution in [3.8, 4) is 0 Å². The quantitative estimate of drug-likeness (QED) is 0.752. The van der Waals surface area contributed by atoms with Gasteiger partial charge in [-0.2, -0.15) is 16.3 Å². The summed E-state index contributed by atoms with van der Waals surface area (Å²) >= 11 is 1.50. The Morgan fingerprint density at radius 1 is 1.55 bits per heavy atom. The molecule has 8 heteroatoms. The molecule has 1 fully saturated rings. The average molecular weight is 322 g/mol. The second-order valence-corrected chi connectivity index (χ2v) is 6.42. The first-order chi connectivity index (χ1) is 10.5. The number of hydrogen-bond donors (Lipinski definition) is 3. The van der Waals surface area contributed by atoms with Gasteiger partial charge in [0, 0.05) is 5.92 Å². The number of carbonyl (C=O) groups excluding carboxylic acids is 1. The van der Waals surface area contributed by atoms with Gasteiger partial charge in [-0.1, -0.05) is 5.16 Å². The number of thiophene rings is 1. The average Bonchev–Trinajstić information content (AvgIpc) is 3.02. The monoisotopic (exact) mass is 322 g/mol. The summed E-state index contributed by atoms with van der Waals surface area (Å²) in [4.78, 5) is 16.0. The van der Waals surface area contributed by atoms with E-state index in [2.05, 4.69) is 20.8 Å². The van der Waals surface area contributed by atoms with Crippen LogP contribution in [0.1, 0.15) is 43.0 Å². The molecule has 0 spiro atoms. The zero-order chi connectivity index (χ0) is 15.6. The van der Waals surface area contributed by atoms with E-state index in [1.54, 1.807) is 6.92 Å². The van der Waals surface area contributed by atoms with Gasteiger partial charge in [0.2, 0.25) is 5.89 Å². The second kappa shape index (κ2) is 6.05. The van der Waals surface area contributed by atoms with E-state index in [1.165, 1.54) is 11.3 Å². The Balaban J connectivity index is 1.44. The largest absolute Gasteiger partial charge is 0.384 e. The summed E-state index contributed by atoms with van der Waals surface area (Å²) in [6, 6.07) is 1.45. The Hall–Kier alpha value is -1.93. The van der Waals surface area contributed by atoms with E-state index in [0.29, 0.717) is 11.8 Å². The SMILES string of the molecule is C[C@@](O)(CNC(=O)NCc1nc(C2CC2)no1)c1ccsc1. The third-order valence-corrected chi connectivity index (χ3v) is 4.25. The fourth-order valence-corrected chi connectivity index (χ4v) is 2.77. The van der Waals surface area contributed by atoms with Crippen molar-refractivity contribution in [1.29, 1.82) is 0 Å². The zero-order valence-corrected chi connectivity index (χ0v) is 13.0. The normalized spacial score (nSPS) is 17.0. The molecule has 2 heterocycles. The first-order valence-electron chi connectivity index (χ1n) is 7.14. The van der Waals surface area contributed by atoms with Gasteiger partial charge in [-0.05, 0) is 42.2 Å². The molecule has 0 aliphatic heterocycles. The molecule has 1 saturated carbocycles. The summed E-state index contributed by atoms with van der Waals surface area (Å²) in [5, 5.41) is 23.2. The van der Waals surface area contributed by atoms with Gasteiger partial charge >= 0.3 is 6.03 Å². The first kappa shape index (κ1) is 15.0. The smallest absolute Gasteiger partial charge is 0.315 e. The van der Waals surface area contributed by atoms with E-state index in [9.17, 15) is 9.90 Å². The molecule has 22 heavy (non-hydrogen) atoms. The highest BCUT2D eigenvalue weighted by atomic mass is 32.1. The highest BCUT2D eigenvalue weighted by Gasteiger charge is 2.29. The number of urea groups is 1. The van der Waals surface area contributed by atoms with Gasteiger partial charge in [-0.25, -0.2) is 4.79 Å². The molecule has 7 nitrogen and oxygen atoms in total. The van der Waals surface area contributed by atoms with Crippen LogP contribution in [-0.2, 0) is 12.1 Å². The minimum absolute atomic E-state index is 0.118. The number of nitrogens with zero attached hydrogens (tertiary/aromatic N) is 2. The zero-order valence-electron chi connectivity index (χ0n) is 12.2. The highest BCUT2D eigenvalue weighted by molar-refractivity contribution is 7.08. The van der Waals surface area contributed by atoms with E-state index in [0.717, 1.165) is 24.2 Å². The summed E-state index contributed by atoms with van der Waals surface area (Å²) in [6.07, 6.45) is 2.20. The topological polar surface area (TPSA) is 100 Å². The maximum absolute atomic E-state index is 11.8. The van der Waals surface area contributed by atoms with Crippen LogP contribution in [0.3, 0.4) is 0 Å². The lowest BCUT2D eigenvalue weighted by molar-refractivity contribution is 0.0598. The van der Waals surface area contributed by atoms with Crippen molar-refractivity contribution < 1.29 is 14.4 Å². The molecule has 1 aliphatic carbocycles. The Labute approximate surface area is 131 Å². The van der Waals surface area contributed by atoms with E-state index >= 15 is 0 Å². The van der Waals surface area contributed by atoms with Gasteiger partial charge in [0.15, 0.2) is 5.82 Å². The van der Waals surface area contributed by atoms with Gasteiger partial charge < -0.3 is 20.3 Å². The van der Waals surface area contributed by atoms with Gasteiger partial charge in [-0.15, -0.1) is 0 Å². The summed E-state index contributed by atoms with van der Waals surface area (Å²) in [5.41, 5.74) is -0.315. The van der Waals surface area contributed by atoms with Crippen LogP contribution in [0, 0.1) is 0 Å². The van der Waals surface area contributed by atoms with Gasteiger partial charge in [0.1, 0.15) is 5.60 Å². The molecular weight excluding hydrogens is 304 g/mol. The van der Waals surface area contributed by atoms with Crippen LogP contribution in [0.5, 0.6) is 0 Å². The molecule has 0 saturated heterocycles. The lowest BCUT2D eigenvalue weighted by Gasteiger charge is -2.22. The summed E-state index contributed by atoms with van der Waals surface area (Å²) < 4.78 is 5.07.